The van der Waals surface area contributed by atoms with E-state index in [1.54, 1.807) is 0 Å². The summed E-state index contributed by atoms with van der Waals surface area (Å²) in [4.78, 5) is 0. The second kappa shape index (κ2) is 6.32. The molecule has 0 aliphatic heterocycles. The van der Waals surface area contributed by atoms with E-state index in [1.807, 2.05) is 62.4 Å². The second-order valence-electron chi connectivity index (χ2n) is 5.18. The van der Waals surface area contributed by atoms with Crippen LogP contribution in [-0.2, 0) is 0 Å². The van der Waals surface area contributed by atoms with Crippen LogP contribution in [0, 0.1) is 6.92 Å². The molecular formula is C17H16BrN3O. The zero-order valence-corrected chi connectivity index (χ0v) is 14.0. The van der Waals surface area contributed by atoms with Gasteiger partial charge in [-0.05, 0) is 50.2 Å². The van der Waals surface area contributed by atoms with Gasteiger partial charge in [-0.15, -0.1) is 10.2 Å². The van der Waals surface area contributed by atoms with Crippen LogP contribution in [0.4, 0.5) is 5.69 Å². The van der Waals surface area contributed by atoms with Crippen molar-refractivity contribution < 1.29 is 4.42 Å². The van der Waals surface area contributed by atoms with E-state index < -0.39 is 0 Å². The Morgan fingerprint density at radius 1 is 1.00 bits per heavy atom. The third-order valence-corrected chi connectivity index (χ3v) is 3.87. The molecule has 0 saturated heterocycles. The van der Waals surface area contributed by atoms with Crippen molar-refractivity contribution in [3.8, 4) is 11.5 Å². The molecule has 1 heterocycles. The zero-order chi connectivity index (χ0) is 15.5. The van der Waals surface area contributed by atoms with Gasteiger partial charge in [-0.1, -0.05) is 33.6 Å². The van der Waals surface area contributed by atoms with Crippen molar-refractivity contribution in [3.05, 3.63) is 64.5 Å². The molecule has 0 amide bonds. The summed E-state index contributed by atoms with van der Waals surface area (Å²) in [7, 11) is 0. The van der Waals surface area contributed by atoms with Gasteiger partial charge in [0.1, 0.15) is 6.04 Å². The van der Waals surface area contributed by atoms with Crippen LogP contribution >= 0.6 is 15.9 Å². The predicted octanol–water partition coefficient (Wildman–Crippen LogP) is 4.98. The van der Waals surface area contributed by atoms with Gasteiger partial charge in [0.05, 0.1) is 0 Å². The Hall–Kier alpha value is -2.14. The van der Waals surface area contributed by atoms with Crippen LogP contribution in [0.5, 0.6) is 0 Å². The molecule has 2 aromatic carbocycles. The lowest BCUT2D eigenvalue weighted by Crippen LogP contribution is -2.06. The average Bonchev–Trinajstić information content (AvgIpc) is 3.00. The molecular weight excluding hydrogens is 342 g/mol. The molecule has 1 N–H and O–H groups in total. The summed E-state index contributed by atoms with van der Waals surface area (Å²) in [6.45, 7) is 4.04. The molecule has 0 radical (unpaired) electrons. The van der Waals surface area contributed by atoms with Gasteiger partial charge < -0.3 is 9.73 Å². The molecule has 3 rings (SSSR count). The quantitative estimate of drug-likeness (QED) is 0.715. The van der Waals surface area contributed by atoms with E-state index >= 15 is 0 Å². The van der Waals surface area contributed by atoms with Crippen LogP contribution in [0.15, 0.2) is 57.4 Å². The molecule has 0 aliphatic carbocycles. The Morgan fingerprint density at radius 2 is 1.68 bits per heavy atom. The predicted molar refractivity (Wildman–Crippen MR) is 90.7 cm³/mol. The Balaban J connectivity index is 1.75. The normalized spacial score (nSPS) is 12.1. The van der Waals surface area contributed by atoms with E-state index in [0.29, 0.717) is 11.8 Å². The summed E-state index contributed by atoms with van der Waals surface area (Å²) in [6.07, 6.45) is 0. The fraction of sp³-hybridized carbons (Fsp3) is 0.176. The van der Waals surface area contributed by atoms with Crippen LogP contribution in [0.1, 0.15) is 24.4 Å². The molecule has 1 aromatic heterocycles. The van der Waals surface area contributed by atoms with Crippen molar-refractivity contribution in [3.63, 3.8) is 0 Å². The SMILES string of the molecule is Cc1ccc(-c2nnc(C(C)Nc3ccc(Br)cc3)o2)cc1. The molecule has 0 aliphatic rings. The fourth-order valence-electron chi connectivity index (χ4n) is 2.08. The van der Waals surface area contributed by atoms with E-state index in [2.05, 4.69) is 31.4 Å². The lowest BCUT2D eigenvalue weighted by atomic mass is 10.1. The summed E-state index contributed by atoms with van der Waals surface area (Å²) < 4.78 is 6.82. The molecule has 22 heavy (non-hydrogen) atoms. The molecule has 0 bridgehead atoms. The molecule has 112 valence electrons. The smallest absolute Gasteiger partial charge is 0.247 e. The minimum Gasteiger partial charge on any atom is -0.418 e. The van der Waals surface area contributed by atoms with Crippen molar-refractivity contribution in [1.29, 1.82) is 0 Å². The maximum atomic E-state index is 5.77. The number of aryl methyl sites for hydroxylation is 1. The number of nitrogens with one attached hydrogen (secondary N) is 1. The minimum atomic E-state index is -0.0622. The van der Waals surface area contributed by atoms with Gasteiger partial charge in [0.2, 0.25) is 11.8 Å². The van der Waals surface area contributed by atoms with E-state index in [4.69, 9.17) is 4.42 Å². The maximum Gasteiger partial charge on any atom is 0.247 e. The number of benzene rings is 2. The highest BCUT2D eigenvalue weighted by molar-refractivity contribution is 9.10. The number of anilines is 1. The lowest BCUT2D eigenvalue weighted by molar-refractivity contribution is 0.485. The van der Waals surface area contributed by atoms with Crippen molar-refractivity contribution in [2.24, 2.45) is 0 Å². The Kier molecular flexibility index (Phi) is 4.24. The number of nitrogens with zero attached hydrogens (tertiary/aromatic N) is 2. The first kappa shape index (κ1) is 14.8. The number of rotatable bonds is 4. The summed E-state index contributed by atoms with van der Waals surface area (Å²) in [5.41, 5.74) is 3.14. The molecule has 0 spiro atoms. The van der Waals surface area contributed by atoms with Gasteiger partial charge in [-0.2, -0.15) is 0 Å². The summed E-state index contributed by atoms with van der Waals surface area (Å²) in [5, 5.41) is 11.6. The third kappa shape index (κ3) is 3.36. The first-order valence-electron chi connectivity index (χ1n) is 7.04. The third-order valence-electron chi connectivity index (χ3n) is 3.34. The zero-order valence-electron chi connectivity index (χ0n) is 12.4. The van der Waals surface area contributed by atoms with Gasteiger partial charge >= 0.3 is 0 Å². The van der Waals surface area contributed by atoms with E-state index in [1.165, 1.54) is 5.56 Å². The summed E-state index contributed by atoms with van der Waals surface area (Å²) in [5.74, 6) is 1.11. The van der Waals surface area contributed by atoms with Crippen molar-refractivity contribution in [2.75, 3.05) is 5.32 Å². The van der Waals surface area contributed by atoms with Crippen LogP contribution in [0.2, 0.25) is 0 Å². The van der Waals surface area contributed by atoms with E-state index in [9.17, 15) is 0 Å². The molecule has 0 saturated carbocycles. The van der Waals surface area contributed by atoms with Crippen molar-refractivity contribution in [2.45, 2.75) is 19.9 Å². The highest BCUT2D eigenvalue weighted by Crippen LogP contribution is 2.24. The van der Waals surface area contributed by atoms with Crippen molar-refractivity contribution in [1.82, 2.24) is 10.2 Å². The van der Waals surface area contributed by atoms with E-state index in [-0.39, 0.29) is 6.04 Å². The first-order chi connectivity index (χ1) is 10.6. The van der Waals surface area contributed by atoms with E-state index in [0.717, 1.165) is 15.7 Å². The molecule has 1 atom stereocenters. The molecule has 1 unspecified atom stereocenters. The van der Waals surface area contributed by atoms with Crippen LogP contribution in [0.25, 0.3) is 11.5 Å². The molecule has 4 nitrogen and oxygen atoms in total. The van der Waals surface area contributed by atoms with Crippen LogP contribution in [0.3, 0.4) is 0 Å². The number of hydrogen-bond acceptors (Lipinski definition) is 4. The Morgan fingerprint density at radius 3 is 2.36 bits per heavy atom. The fourth-order valence-corrected chi connectivity index (χ4v) is 2.34. The standard InChI is InChI=1S/C17H16BrN3O/c1-11-3-5-13(6-4-11)17-21-20-16(22-17)12(2)19-15-9-7-14(18)8-10-15/h3-10,12,19H,1-2H3. The minimum absolute atomic E-state index is 0.0622. The topological polar surface area (TPSA) is 51.0 Å². The number of aromatic nitrogens is 2. The largest absolute Gasteiger partial charge is 0.418 e. The van der Waals surface area contributed by atoms with Gasteiger partial charge in [0.15, 0.2) is 0 Å². The molecule has 3 aromatic rings. The highest BCUT2D eigenvalue weighted by atomic mass is 79.9. The van der Waals surface area contributed by atoms with Crippen LogP contribution in [-0.4, -0.2) is 10.2 Å². The highest BCUT2D eigenvalue weighted by Gasteiger charge is 2.14. The van der Waals surface area contributed by atoms with Gasteiger partial charge in [-0.3, -0.25) is 0 Å². The number of hydrogen-bond donors (Lipinski definition) is 1. The monoisotopic (exact) mass is 357 g/mol. The van der Waals surface area contributed by atoms with Gasteiger partial charge in [0.25, 0.3) is 0 Å². The van der Waals surface area contributed by atoms with Gasteiger partial charge in [-0.25, -0.2) is 0 Å². The first-order valence-corrected chi connectivity index (χ1v) is 7.83. The van der Waals surface area contributed by atoms with Crippen LogP contribution < -0.4 is 5.32 Å². The molecule has 5 heteroatoms. The second-order valence-corrected chi connectivity index (χ2v) is 6.10. The Bertz CT molecular complexity index is 750. The summed E-state index contributed by atoms with van der Waals surface area (Å²) >= 11 is 3.42. The molecule has 0 fully saturated rings. The average molecular weight is 358 g/mol. The lowest BCUT2D eigenvalue weighted by Gasteiger charge is -2.11. The van der Waals surface area contributed by atoms with Gasteiger partial charge in [0, 0.05) is 15.7 Å². The Labute approximate surface area is 137 Å². The number of halogens is 1. The maximum absolute atomic E-state index is 5.77. The van der Waals surface area contributed by atoms with Crippen molar-refractivity contribution >= 4 is 21.6 Å². The summed E-state index contributed by atoms with van der Waals surface area (Å²) in [6, 6.07) is 15.9.